The zero-order valence-corrected chi connectivity index (χ0v) is 11.5. The molecule has 0 saturated heterocycles. The highest BCUT2D eigenvalue weighted by Crippen LogP contribution is 2.20. The molecule has 2 rings (SSSR count). The molecule has 0 atom stereocenters. The molecule has 7 heteroatoms. The summed E-state index contributed by atoms with van der Waals surface area (Å²) >= 11 is 0. The first-order chi connectivity index (χ1) is 10.2. The van der Waals surface area contributed by atoms with Gasteiger partial charge in [-0.25, -0.2) is 4.98 Å². The fourth-order valence-electron chi connectivity index (χ4n) is 1.59. The van der Waals surface area contributed by atoms with Crippen molar-refractivity contribution in [1.29, 1.82) is 0 Å². The highest BCUT2D eigenvalue weighted by molar-refractivity contribution is 5.57. The molecule has 7 nitrogen and oxygen atoms in total. The maximum atomic E-state index is 10.5. The number of nitrogens with zero attached hydrogens (tertiary/aromatic N) is 2. The van der Waals surface area contributed by atoms with Crippen LogP contribution in [-0.4, -0.2) is 30.2 Å². The number of anilines is 2. The average Bonchev–Trinajstić information content (AvgIpc) is 2.50. The van der Waals surface area contributed by atoms with Gasteiger partial charge in [0.25, 0.3) is 5.69 Å². The summed E-state index contributed by atoms with van der Waals surface area (Å²) in [7, 11) is 1.62. The Labute approximate surface area is 121 Å². The van der Waals surface area contributed by atoms with E-state index < -0.39 is 4.92 Å². The smallest absolute Gasteiger partial charge is 0.287 e. The monoisotopic (exact) mass is 289 g/mol. The fraction of sp³-hybridized carbons (Fsp3) is 0.214. The summed E-state index contributed by atoms with van der Waals surface area (Å²) in [6, 6.07) is 10.3. The molecule has 0 aliphatic rings. The highest BCUT2D eigenvalue weighted by Gasteiger charge is 2.05. The second-order valence-corrected chi connectivity index (χ2v) is 4.15. The van der Waals surface area contributed by atoms with Gasteiger partial charge in [-0.2, -0.15) is 0 Å². The van der Waals surface area contributed by atoms with Crippen molar-refractivity contribution in [1.82, 2.24) is 4.98 Å². The van der Waals surface area contributed by atoms with Crippen LogP contribution in [0.4, 0.5) is 17.2 Å². The van der Waals surface area contributed by atoms with Crippen LogP contribution in [0.2, 0.25) is 0 Å². The standard InChI is InChI=1S/C14H15N3O4/c1-20-8-9-21-13-5-2-11(3-6-13)16-14-7-4-12(10-15-14)17(18)19/h2-7,10H,8-9H2,1H3,(H,15,16). The van der Waals surface area contributed by atoms with Crippen LogP contribution < -0.4 is 10.1 Å². The van der Waals surface area contributed by atoms with Gasteiger partial charge in [-0.3, -0.25) is 10.1 Å². The lowest BCUT2D eigenvalue weighted by atomic mass is 10.3. The minimum Gasteiger partial charge on any atom is -0.491 e. The maximum absolute atomic E-state index is 10.5. The van der Waals surface area contributed by atoms with Crippen molar-refractivity contribution >= 4 is 17.2 Å². The summed E-state index contributed by atoms with van der Waals surface area (Å²) in [6.45, 7) is 1.03. The molecule has 0 saturated carbocycles. The molecule has 1 heterocycles. The van der Waals surface area contributed by atoms with Crippen molar-refractivity contribution in [2.45, 2.75) is 0 Å². The van der Waals surface area contributed by atoms with Crippen LogP contribution in [-0.2, 0) is 4.74 Å². The maximum Gasteiger partial charge on any atom is 0.287 e. The van der Waals surface area contributed by atoms with Crippen molar-refractivity contribution in [2.24, 2.45) is 0 Å². The average molecular weight is 289 g/mol. The molecular weight excluding hydrogens is 274 g/mol. The minimum absolute atomic E-state index is 0.0394. The third-order valence-corrected chi connectivity index (χ3v) is 2.64. The Morgan fingerprint density at radius 1 is 1.19 bits per heavy atom. The normalized spacial score (nSPS) is 10.1. The Morgan fingerprint density at radius 3 is 2.52 bits per heavy atom. The van der Waals surface area contributed by atoms with E-state index in [2.05, 4.69) is 10.3 Å². The number of nitrogens with one attached hydrogen (secondary N) is 1. The van der Waals surface area contributed by atoms with Gasteiger partial charge in [0, 0.05) is 18.9 Å². The first kappa shape index (κ1) is 14.7. The predicted molar refractivity (Wildman–Crippen MR) is 78.0 cm³/mol. The highest BCUT2D eigenvalue weighted by atomic mass is 16.6. The lowest BCUT2D eigenvalue weighted by molar-refractivity contribution is -0.385. The molecule has 0 fully saturated rings. The summed E-state index contributed by atoms with van der Waals surface area (Å²) in [5, 5.41) is 13.6. The summed E-state index contributed by atoms with van der Waals surface area (Å²) in [6.07, 6.45) is 1.21. The summed E-state index contributed by atoms with van der Waals surface area (Å²) in [5.74, 6) is 1.28. The fourth-order valence-corrected chi connectivity index (χ4v) is 1.59. The molecular formula is C14H15N3O4. The summed E-state index contributed by atoms with van der Waals surface area (Å²) < 4.78 is 10.3. The van der Waals surface area contributed by atoms with Crippen LogP contribution in [0.5, 0.6) is 5.75 Å². The minimum atomic E-state index is -0.483. The van der Waals surface area contributed by atoms with E-state index in [-0.39, 0.29) is 5.69 Å². The Hall–Kier alpha value is -2.67. The molecule has 0 bridgehead atoms. The number of ether oxygens (including phenoxy) is 2. The molecule has 2 aromatic rings. The third kappa shape index (κ3) is 4.43. The number of methoxy groups -OCH3 is 1. The van der Waals surface area contributed by atoms with E-state index in [1.807, 2.05) is 24.3 Å². The molecule has 21 heavy (non-hydrogen) atoms. The number of pyridine rings is 1. The van der Waals surface area contributed by atoms with Crippen molar-refractivity contribution in [2.75, 3.05) is 25.6 Å². The molecule has 1 aromatic heterocycles. The Bertz CT molecular complexity index is 584. The van der Waals surface area contributed by atoms with Gasteiger partial charge in [0.2, 0.25) is 0 Å². The van der Waals surface area contributed by atoms with Crippen LogP contribution in [0.3, 0.4) is 0 Å². The summed E-state index contributed by atoms with van der Waals surface area (Å²) in [5.41, 5.74) is 0.776. The van der Waals surface area contributed by atoms with E-state index in [1.165, 1.54) is 12.3 Å². The number of aromatic nitrogens is 1. The number of nitro groups is 1. The lowest BCUT2D eigenvalue weighted by Gasteiger charge is -2.08. The SMILES string of the molecule is COCCOc1ccc(Nc2ccc([N+](=O)[O-])cn2)cc1. The summed E-state index contributed by atoms with van der Waals surface area (Å²) in [4.78, 5) is 14.0. The molecule has 110 valence electrons. The second-order valence-electron chi connectivity index (χ2n) is 4.15. The molecule has 0 unspecified atom stereocenters. The van der Waals surface area contributed by atoms with Crippen LogP contribution in [0, 0.1) is 10.1 Å². The van der Waals surface area contributed by atoms with Gasteiger partial charge >= 0.3 is 0 Å². The molecule has 0 spiro atoms. The van der Waals surface area contributed by atoms with Gasteiger partial charge in [0.05, 0.1) is 11.5 Å². The number of benzene rings is 1. The van der Waals surface area contributed by atoms with E-state index in [9.17, 15) is 10.1 Å². The zero-order valence-electron chi connectivity index (χ0n) is 11.5. The van der Waals surface area contributed by atoms with Gasteiger partial charge in [-0.05, 0) is 30.3 Å². The predicted octanol–water partition coefficient (Wildman–Crippen LogP) is 2.76. The first-order valence-electron chi connectivity index (χ1n) is 6.28. The van der Waals surface area contributed by atoms with E-state index in [0.29, 0.717) is 19.0 Å². The Balaban J connectivity index is 1.94. The lowest BCUT2D eigenvalue weighted by Crippen LogP contribution is -2.04. The van der Waals surface area contributed by atoms with Gasteiger partial charge in [0.15, 0.2) is 0 Å². The third-order valence-electron chi connectivity index (χ3n) is 2.64. The molecule has 0 radical (unpaired) electrons. The number of hydrogen-bond acceptors (Lipinski definition) is 6. The van der Waals surface area contributed by atoms with E-state index in [1.54, 1.807) is 13.2 Å². The van der Waals surface area contributed by atoms with E-state index >= 15 is 0 Å². The van der Waals surface area contributed by atoms with Crippen molar-refractivity contribution in [3.05, 3.63) is 52.7 Å². The van der Waals surface area contributed by atoms with Crippen LogP contribution in [0.1, 0.15) is 0 Å². The Kier molecular flexibility index (Phi) is 5.05. The van der Waals surface area contributed by atoms with Crippen molar-refractivity contribution < 1.29 is 14.4 Å². The molecule has 0 amide bonds. The number of hydrogen-bond donors (Lipinski definition) is 1. The molecule has 1 aromatic carbocycles. The van der Waals surface area contributed by atoms with Gasteiger partial charge in [-0.1, -0.05) is 0 Å². The van der Waals surface area contributed by atoms with E-state index in [4.69, 9.17) is 9.47 Å². The molecule has 0 aliphatic heterocycles. The van der Waals surface area contributed by atoms with Crippen LogP contribution in [0.15, 0.2) is 42.6 Å². The van der Waals surface area contributed by atoms with Crippen molar-refractivity contribution in [3.63, 3.8) is 0 Å². The topological polar surface area (TPSA) is 86.5 Å². The van der Waals surface area contributed by atoms with Crippen molar-refractivity contribution in [3.8, 4) is 5.75 Å². The first-order valence-corrected chi connectivity index (χ1v) is 6.28. The zero-order chi connectivity index (χ0) is 15.1. The van der Waals surface area contributed by atoms with Gasteiger partial charge in [0.1, 0.15) is 24.4 Å². The Morgan fingerprint density at radius 2 is 1.95 bits per heavy atom. The molecule has 1 N–H and O–H groups in total. The second kappa shape index (κ2) is 7.20. The number of rotatable bonds is 7. The van der Waals surface area contributed by atoms with Crippen LogP contribution in [0.25, 0.3) is 0 Å². The van der Waals surface area contributed by atoms with Gasteiger partial charge in [-0.15, -0.1) is 0 Å². The molecule has 0 aliphatic carbocycles. The largest absolute Gasteiger partial charge is 0.491 e. The van der Waals surface area contributed by atoms with E-state index in [0.717, 1.165) is 11.4 Å². The van der Waals surface area contributed by atoms with Crippen LogP contribution >= 0.6 is 0 Å². The van der Waals surface area contributed by atoms with Gasteiger partial charge < -0.3 is 14.8 Å². The quantitative estimate of drug-likeness (QED) is 0.479.